The summed E-state index contributed by atoms with van der Waals surface area (Å²) in [6.07, 6.45) is 1.72. The van der Waals surface area contributed by atoms with Crippen molar-refractivity contribution in [1.82, 2.24) is 19.9 Å². The number of carbonyl (C=O) groups is 1. The number of rotatable bonds is 7. The van der Waals surface area contributed by atoms with Gasteiger partial charge in [0.25, 0.3) is 5.91 Å². The fourth-order valence-electron chi connectivity index (χ4n) is 3.83. The molecule has 0 saturated carbocycles. The van der Waals surface area contributed by atoms with Crippen molar-refractivity contribution >= 4 is 56.5 Å². The maximum atomic E-state index is 12.5. The molecule has 0 atom stereocenters. The number of fused-ring (bicyclic) bond motifs is 1. The van der Waals surface area contributed by atoms with Crippen molar-refractivity contribution in [3.05, 3.63) is 116 Å². The molecule has 5 aromatic rings. The summed E-state index contributed by atoms with van der Waals surface area (Å²) in [5.74, 6) is 0.608. The van der Waals surface area contributed by atoms with Crippen LogP contribution in [0.1, 0.15) is 21.5 Å². The second-order valence-electron chi connectivity index (χ2n) is 8.10. The molecule has 9 heteroatoms. The Bertz CT molecular complexity index is 1570. The summed E-state index contributed by atoms with van der Waals surface area (Å²) in [7, 11) is 0. The lowest BCUT2D eigenvalue weighted by molar-refractivity contribution is 0.0951. The Balaban J connectivity index is 1.33. The van der Waals surface area contributed by atoms with E-state index >= 15 is 0 Å². The normalized spacial score (nSPS) is 11.0. The SMILES string of the molecule is O=C(NCc1cccc(CNc2cc(-c3ccccc3Cl)nc3c(Br)cnn23)c1)c1cccc(Cl)c1. The van der Waals surface area contributed by atoms with Crippen molar-refractivity contribution in [2.75, 3.05) is 5.32 Å². The Morgan fingerprint density at radius 1 is 0.917 bits per heavy atom. The molecule has 0 bridgehead atoms. The Hall–Kier alpha value is -3.39. The van der Waals surface area contributed by atoms with Gasteiger partial charge in [0.15, 0.2) is 5.65 Å². The second-order valence-corrected chi connectivity index (χ2v) is 9.80. The van der Waals surface area contributed by atoms with E-state index in [9.17, 15) is 4.79 Å². The third kappa shape index (κ3) is 5.38. The first-order chi connectivity index (χ1) is 17.5. The molecule has 0 aliphatic rings. The molecule has 0 fully saturated rings. The smallest absolute Gasteiger partial charge is 0.251 e. The number of halogens is 3. The molecular weight excluding hydrogens is 561 g/mol. The minimum atomic E-state index is -0.170. The lowest BCUT2D eigenvalue weighted by Gasteiger charge is -2.12. The van der Waals surface area contributed by atoms with E-state index in [0.29, 0.717) is 34.3 Å². The third-order valence-corrected chi connectivity index (χ3v) is 6.71. The second kappa shape index (κ2) is 10.7. The van der Waals surface area contributed by atoms with Crippen LogP contribution in [0.15, 0.2) is 89.5 Å². The summed E-state index contributed by atoms with van der Waals surface area (Å²) < 4.78 is 2.54. The minimum absolute atomic E-state index is 0.170. The van der Waals surface area contributed by atoms with E-state index < -0.39 is 0 Å². The molecule has 0 aliphatic carbocycles. The summed E-state index contributed by atoms with van der Waals surface area (Å²) in [6, 6.07) is 24.5. The van der Waals surface area contributed by atoms with Gasteiger partial charge in [0, 0.05) is 40.3 Å². The fraction of sp³-hybridized carbons (Fsp3) is 0.0741. The quantitative estimate of drug-likeness (QED) is 0.217. The van der Waals surface area contributed by atoms with Crippen LogP contribution in [0.25, 0.3) is 16.9 Å². The Labute approximate surface area is 226 Å². The van der Waals surface area contributed by atoms with Gasteiger partial charge in [0.2, 0.25) is 0 Å². The van der Waals surface area contributed by atoms with Crippen molar-refractivity contribution in [2.45, 2.75) is 13.1 Å². The van der Waals surface area contributed by atoms with Crippen molar-refractivity contribution in [2.24, 2.45) is 0 Å². The van der Waals surface area contributed by atoms with Crippen molar-refractivity contribution in [3.63, 3.8) is 0 Å². The molecule has 0 saturated heterocycles. The van der Waals surface area contributed by atoms with E-state index in [1.165, 1.54) is 0 Å². The van der Waals surface area contributed by atoms with Gasteiger partial charge in [-0.15, -0.1) is 0 Å². The van der Waals surface area contributed by atoms with Gasteiger partial charge in [-0.25, -0.2) is 4.98 Å². The van der Waals surface area contributed by atoms with E-state index in [1.54, 1.807) is 35.0 Å². The predicted molar refractivity (Wildman–Crippen MR) is 148 cm³/mol. The van der Waals surface area contributed by atoms with Crippen LogP contribution in [0.3, 0.4) is 0 Å². The van der Waals surface area contributed by atoms with Gasteiger partial charge < -0.3 is 10.6 Å². The number of hydrogen-bond acceptors (Lipinski definition) is 4. The number of benzene rings is 3. The zero-order valence-electron chi connectivity index (χ0n) is 18.9. The van der Waals surface area contributed by atoms with E-state index in [2.05, 4.69) is 37.7 Å². The van der Waals surface area contributed by atoms with Crippen molar-refractivity contribution in [3.8, 4) is 11.3 Å². The largest absolute Gasteiger partial charge is 0.366 e. The molecule has 2 N–H and O–H groups in total. The summed E-state index contributed by atoms with van der Waals surface area (Å²) in [5, 5.41) is 12.0. The molecule has 1 amide bonds. The Morgan fingerprint density at radius 3 is 2.50 bits per heavy atom. The van der Waals surface area contributed by atoms with Crippen LogP contribution in [0, 0.1) is 0 Å². The van der Waals surface area contributed by atoms with E-state index in [-0.39, 0.29) is 5.91 Å². The highest BCUT2D eigenvalue weighted by Crippen LogP contribution is 2.30. The number of aromatic nitrogens is 3. The van der Waals surface area contributed by atoms with Crippen LogP contribution < -0.4 is 10.6 Å². The number of amides is 1. The molecule has 5 rings (SSSR count). The molecule has 2 aromatic heterocycles. The summed E-state index contributed by atoms with van der Waals surface area (Å²) >= 11 is 16.0. The van der Waals surface area contributed by atoms with Gasteiger partial charge in [-0.2, -0.15) is 9.61 Å². The first kappa shape index (κ1) is 24.3. The van der Waals surface area contributed by atoms with Crippen LogP contribution in [0.2, 0.25) is 10.0 Å². The zero-order valence-corrected chi connectivity index (χ0v) is 22.0. The zero-order chi connectivity index (χ0) is 25.1. The highest BCUT2D eigenvalue weighted by atomic mass is 79.9. The molecule has 0 aliphatic heterocycles. The highest BCUT2D eigenvalue weighted by molar-refractivity contribution is 9.10. The fourth-order valence-corrected chi connectivity index (χ4v) is 4.60. The van der Waals surface area contributed by atoms with Crippen molar-refractivity contribution < 1.29 is 4.79 Å². The average molecular weight is 581 g/mol. The lowest BCUT2D eigenvalue weighted by atomic mass is 10.1. The number of anilines is 1. The molecule has 0 unspecified atom stereocenters. The maximum absolute atomic E-state index is 12.5. The molecule has 3 aromatic carbocycles. The number of hydrogen-bond donors (Lipinski definition) is 2. The molecule has 0 radical (unpaired) electrons. The molecule has 180 valence electrons. The summed E-state index contributed by atoms with van der Waals surface area (Å²) in [5.41, 5.74) is 4.85. The van der Waals surface area contributed by atoms with Gasteiger partial charge >= 0.3 is 0 Å². The summed E-state index contributed by atoms with van der Waals surface area (Å²) in [6.45, 7) is 0.954. The molecule has 0 spiro atoms. The number of nitrogens with one attached hydrogen (secondary N) is 2. The number of nitrogens with zero attached hydrogens (tertiary/aromatic N) is 3. The van der Waals surface area contributed by atoms with Gasteiger partial charge in [0.05, 0.1) is 16.4 Å². The van der Waals surface area contributed by atoms with Crippen LogP contribution in [0.4, 0.5) is 5.82 Å². The van der Waals surface area contributed by atoms with Gasteiger partial charge in [-0.1, -0.05) is 71.7 Å². The highest BCUT2D eigenvalue weighted by Gasteiger charge is 2.13. The predicted octanol–water partition coefficient (Wildman–Crippen LogP) is 7.01. The van der Waals surface area contributed by atoms with E-state index in [0.717, 1.165) is 32.7 Å². The molecule has 36 heavy (non-hydrogen) atoms. The minimum Gasteiger partial charge on any atom is -0.366 e. The number of carbonyl (C=O) groups excluding carboxylic acids is 1. The van der Waals surface area contributed by atoms with Gasteiger partial charge in [-0.3, -0.25) is 4.79 Å². The van der Waals surface area contributed by atoms with Gasteiger partial charge in [-0.05, 0) is 51.3 Å². The summed E-state index contributed by atoms with van der Waals surface area (Å²) in [4.78, 5) is 17.2. The standard InChI is InChI=1S/C27H20BrCl2N5O/c28-22-16-33-35-25(13-24(34-26(22)35)21-9-1-2-10-23(21)30)31-14-17-5-3-6-18(11-17)15-32-27(36)19-7-4-8-20(29)12-19/h1-13,16,31H,14-15H2,(H,32,36). The van der Waals surface area contributed by atoms with E-state index in [4.69, 9.17) is 28.2 Å². The van der Waals surface area contributed by atoms with Crippen LogP contribution in [0.5, 0.6) is 0 Å². The molecular formula is C27H20BrCl2N5O. The van der Waals surface area contributed by atoms with Crippen LogP contribution >= 0.6 is 39.1 Å². The Kier molecular flexibility index (Phi) is 7.23. The maximum Gasteiger partial charge on any atom is 0.251 e. The third-order valence-electron chi connectivity index (χ3n) is 5.58. The van der Waals surface area contributed by atoms with Crippen LogP contribution in [-0.4, -0.2) is 20.5 Å². The monoisotopic (exact) mass is 579 g/mol. The Morgan fingerprint density at radius 2 is 1.69 bits per heavy atom. The first-order valence-corrected chi connectivity index (χ1v) is 12.7. The van der Waals surface area contributed by atoms with Crippen LogP contribution in [-0.2, 0) is 13.1 Å². The molecule has 2 heterocycles. The first-order valence-electron chi connectivity index (χ1n) is 11.1. The van der Waals surface area contributed by atoms with Crippen molar-refractivity contribution in [1.29, 1.82) is 0 Å². The van der Waals surface area contributed by atoms with Gasteiger partial charge in [0.1, 0.15) is 5.82 Å². The lowest BCUT2D eigenvalue weighted by Crippen LogP contribution is -2.22. The van der Waals surface area contributed by atoms with E-state index in [1.807, 2.05) is 48.5 Å². The topological polar surface area (TPSA) is 71.3 Å². The average Bonchev–Trinajstić information content (AvgIpc) is 3.27. The molecule has 6 nitrogen and oxygen atoms in total.